The van der Waals surface area contributed by atoms with Gasteiger partial charge in [-0.1, -0.05) is 44.2 Å². The lowest BCUT2D eigenvalue weighted by atomic mass is 10.1. The van der Waals surface area contributed by atoms with Crippen LogP contribution in [0.25, 0.3) is 0 Å². The van der Waals surface area contributed by atoms with Crippen molar-refractivity contribution in [2.24, 2.45) is 0 Å². The van der Waals surface area contributed by atoms with Crippen LogP contribution in [0.2, 0.25) is 0 Å². The van der Waals surface area contributed by atoms with Crippen molar-refractivity contribution in [3.63, 3.8) is 0 Å². The van der Waals surface area contributed by atoms with Gasteiger partial charge in [0.2, 0.25) is 0 Å². The van der Waals surface area contributed by atoms with E-state index in [1.165, 1.54) is 6.42 Å². The predicted octanol–water partition coefficient (Wildman–Crippen LogP) is 2.75. The maximum Gasteiger partial charge on any atom is 0.0787 e. The third-order valence-corrected chi connectivity index (χ3v) is 2.07. The van der Waals surface area contributed by atoms with Crippen molar-refractivity contribution >= 4 is 0 Å². The largest absolute Gasteiger partial charge is 0.388 e. The Morgan fingerprint density at radius 1 is 1.20 bits per heavy atom. The van der Waals surface area contributed by atoms with Crippen LogP contribution in [0.3, 0.4) is 0 Å². The molecule has 0 radical (unpaired) electrons. The smallest absolute Gasteiger partial charge is 0.0787 e. The van der Waals surface area contributed by atoms with Crippen LogP contribution >= 0.6 is 0 Å². The Bertz CT molecular complexity index is 221. The average molecular weight is 209 g/mol. The maximum atomic E-state index is 9.33. The molecule has 0 saturated heterocycles. The zero-order valence-electron chi connectivity index (χ0n) is 10.0. The molecule has 0 amide bonds. The minimum Gasteiger partial charge on any atom is -0.388 e. The fraction of sp³-hybridized carbons (Fsp3) is 0.538. The molecule has 0 aliphatic carbocycles. The van der Waals surface area contributed by atoms with Gasteiger partial charge in [0.1, 0.15) is 0 Å². The van der Waals surface area contributed by atoms with Crippen molar-refractivity contribution in [2.75, 3.05) is 13.6 Å². The van der Waals surface area contributed by atoms with Gasteiger partial charge in [0, 0.05) is 0 Å². The Morgan fingerprint density at radius 3 is 2.13 bits per heavy atom. The summed E-state index contributed by atoms with van der Waals surface area (Å²) in [5.74, 6) is 0. The summed E-state index contributed by atoms with van der Waals surface area (Å²) < 4.78 is 0. The number of hydrogen-bond donors (Lipinski definition) is 2. The van der Waals surface area contributed by atoms with Crippen molar-refractivity contribution in [3.05, 3.63) is 35.9 Å². The SMILES string of the molecule is CCC(O)c1ccccc1.CCCNC. The molecule has 0 bridgehead atoms. The van der Waals surface area contributed by atoms with Gasteiger partial charge in [-0.3, -0.25) is 0 Å². The lowest BCUT2D eigenvalue weighted by Gasteiger charge is -2.05. The molecule has 15 heavy (non-hydrogen) atoms. The molecule has 0 fully saturated rings. The fourth-order valence-corrected chi connectivity index (χ4v) is 1.16. The molecule has 0 aliphatic heterocycles. The molecule has 1 atom stereocenters. The monoisotopic (exact) mass is 209 g/mol. The van der Waals surface area contributed by atoms with Gasteiger partial charge in [0.05, 0.1) is 6.10 Å². The standard InChI is InChI=1S/C9H12O.C4H11N/c1-2-9(10)8-6-4-3-5-7-8;1-3-4-5-2/h3-7,9-10H,2H2,1H3;5H,3-4H2,1-2H3. The zero-order valence-corrected chi connectivity index (χ0v) is 10.0. The quantitative estimate of drug-likeness (QED) is 0.799. The van der Waals surface area contributed by atoms with Gasteiger partial charge in [-0.05, 0) is 32.0 Å². The van der Waals surface area contributed by atoms with Gasteiger partial charge in [-0.2, -0.15) is 0 Å². The van der Waals surface area contributed by atoms with Crippen LogP contribution < -0.4 is 5.32 Å². The van der Waals surface area contributed by atoms with E-state index in [2.05, 4.69) is 12.2 Å². The van der Waals surface area contributed by atoms with Crippen LogP contribution in [0.1, 0.15) is 38.4 Å². The highest BCUT2D eigenvalue weighted by molar-refractivity contribution is 5.16. The number of aliphatic hydroxyl groups excluding tert-OH is 1. The summed E-state index contributed by atoms with van der Waals surface area (Å²) in [7, 11) is 1.96. The lowest BCUT2D eigenvalue weighted by molar-refractivity contribution is 0.173. The summed E-state index contributed by atoms with van der Waals surface area (Å²) in [6.45, 7) is 5.26. The second-order valence-corrected chi connectivity index (χ2v) is 3.44. The highest BCUT2D eigenvalue weighted by atomic mass is 16.3. The predicted molar refractivity (Wildman–Crippen MR) is 65.9 cm³/mol. The number of nitrogens with one attached hydrogen (secondary N) is 1. The zero-order chi connectivity index (χ0) is 11.5. The van der Waals surface area contributed by atoms with Crippen molar-refractivity contribution in [3.8, 4) is 0 Å². The number of hydrogen-bond acceptors (Lipinski definition) is 2. The Hall–Kier alpha value is -0.860. The summed E-state index contributed by atoms with van der Waals surface area (Å²) in [5, 5.41) is 12.3. The molecule has 2 heteroatoms. The molecule has 0 saturated carbocycles. The lowest BCUT2D eigenvalue weighted by Crippen LogP contribution is -2.04. The second kappa shape index (κ2) is 9.69. The molecular weight excluding hydrogens is 186 g/mol. The summed E-state index contributed by atoms with van der Waals surface area (Å²) in [5.41, 5.74) is 1.00. The van der Waals surface area contributed by atoms with E-state index in [0.29, 0.717) is 0 Å². The van der Waals surface area contributed by atoms with Crippen molar-refractivity contribution in [1.29, 1.82) is 0 Å². The third kappa shape index (κ3) is 7.11. The minimum atomic E-state index is -0.291. The molecule has 86 valence electrons. The van der Waals surface area contributed by atoms with E-state index in [-0.39, 0.29) is 6.10 Å². The maximum absolute atomic E-state index is 9.33. The van der Waals surface area contributed by atoms with E-state index in [1.807, 2.05) is 44.3 Å². The van der Waals surface area contributed by atoms with E-state index < -0.39 is 0 Å². The van der Waals surface area contributed by atoms with Gasteiger partial charge in [-0.25, -0.2) is 0 Å². The van der Waals surface area contributed by atoms with Gasteiger partial charge in [0.15, 0.2) is 0 Å². The molecule has 2 nitrogen and oxygen atoms in total. The van der Waals surface area contributed by atoms with Crippen molar-refractivity contribution < 1.29 is 5.11 Å². The highest BCUT2D eigenvalue weighted by Crippen LogP contribution is 2.14. The van der Waals surface area contributed by atoms with E-state index in [9.17, 15) is 5.11 Å². The molecule has 1 rings (SSSR count). The van der Waals surface area contributed by atoms with E-state index in [4.69, 9.17) is 0 Å². The first kappa shape index (κ1) is 14.1. The van der Waals surface area contributed by atoms with Crippen molar-refractivity contribution in [1.82, 2.24) is 5.32 Å². The molecule has 0 aliphatic rings. The number of benzene rings is 1. The second-order valence-electron chi connectivity index (χ2n) is 3.44. The molecule has 0 aromatic heterocycles. The molecule has 1 unspecified atom stereocenters. The Kier molecular flexibility index (Phi) is 9.13. The minimum absolute atomic E-state index is 0.291. The topological polar surface area (TPSA) is 32.3 Å². The van der Waals surface area contributed by atoms with Gasteiger partial charge in [0.25, 0.3) is 0 Å². The molecular formula is C13H23NO. The van der Waals surface area contributed by atoms with Crippen LogP contribution in [-0.4, -0.2) is 18.7 Å². The summed E-state index contributed by atoms with van der Waals surface area (Å²) in [6.07, 6.45) is 1.72. The molecule has 0 spiro atoms. The van der Waals surface area contributed by atoms with Gasteiger partial charge < -0.3 is 10.4 Å². The van der Waals surface area contributed by atoms with Gasteiger partial charge >= 0.3 is 0 Å². The summed E-state index contributed by atoms with van der Waals surface area (Å²) in [6, 6.07) is 9.70. The average Bonchev–Trinajstić information content (AvgIpc) is 2.31. The van der Waals surface area contributed by atoms with Gasteiger partial charge in [-0.15, -0.1) is 0 Å². The molecule has 1 aromatic rings. The number of aliphatic hydroxyl groups is 1. The van der Waals surface area contributed by atoms with E-state index in [0.717, 1.165) is 18.5 Å². The van der Waals surface area contributed by atoms with Crippen LogP contribution in [0, 0.1) is 0 Å². The van der Waals surface area contributed by atoms with Crippen molar-refractivity contribution in [2.45, 2.75) is 32.8 Å². The van der Waals surface area contributed by atoms with Crippen LogP contribution in [-0.2, 0) is 0 Å². The normalized spacial score (nSPS) is 11.5. The first-order chi connectivity index (χ1) is 7.26. The highest BCUT2D eigenvalue weighted by Gasteiger charge is 2.00. The first-order valence-corrected chi connectivity index (χ1v) is 5.63. The van der Waals surface area contributed by atoms with Crippen LogP contribution in [0.5, 0.6) is 0 Å². The Balaban J connectivity index is 0.000000336. The fourth-order valence-electron chi connectivity index (χ4n) is 1.16. The number of rotatable bonds is 4. The van der Waals surface area contributed by atoms with E-state index in [1.54, 1.807) is 0 Å². The first-order valence-electron chi connectivity index (χ1n) is 5.63. The van der Waals surface area contributed by atoms with Crippen LogP contribution in [0.4, 0.5) is 0 Å². The summed E-state index contributed by atoms with van der Waals surface area (Å²) >= 11 is 0. The van der Waals surface area contributed by atoms with Crippen LogP contribution in [0.15, 0.2) is 30.3 Å². The third-order valence-electron chi connectivity index (χ3n) is 2.07. The molecule has 0 heterocycles. The Morgan fingerprint density at radius 2 is 1.80 bits per heavy atom. The molecule has 1 aromatic carbocycles. The van der Waals surface area contributed by atoms with E-state index >= 15 is 0 Å². The summed E-state index contributed by atoms with van der Waals surface area (Å²) in [4.78, 5) is 0. The Labute approximate surface area is 93.3 Å². The molecule has 2 N–H and O–H groups in total.